The van der Waals surface area contributed by atoms with Crippen molar-refractivity contribution in [1.29, 1.82) is 0 Å². The van der Waals surface area contributed by atoms with Crippen LogP contribution in [-0.2, 0) is 4.79 Å². The summed E-state index contributed by atoms with van der Waals surface area (Å²) >= 11 is 7.17. The number of carbonyl (C=O) groups excluding carboxylic acids is 2. The number of H-pyrrole nitrogens is 1. The van der Waals surface area contributed by atoms with Gasteiger partial charge in [-0.2, -0.15) is 0 Å². The standard InChI is InChI=1S/C17H15ClN4O3S/c1-9(25-12-4-2-3-11(18)6-12)16(24)22-17-21-14(8-26-17)10-5-13(15(19)23)20-7-10/h2-9,20H,1H3,(H2,19,23)(H,21,22,24). The maximum Gasteiger partial charge on any atom is 0.266 e. The Labute approximate surface area is 158 Å². The van der Waals surface area contributed by atoms with Gasteiger partial charge in [0.25, 0.3) is 11.8 Å². The number of benzene rings is 1. The third-order valence-corrected chi connectivity index (χ3v) is 4.45. The highest BCUT2D eigenvalue weighted by Gasteiger charge is 2.17. The van der Waals surface area contributed by atoms with Crippen molar-refractivity contribution in [3.05, 3.63) is 52.6 Å². The highest BCUT2D eigenvalue weighted by atomic mass is 35.5. The number of amides is 2. The smallest absolute Gasteiger partial charge is 0.266 e. The van der Waals surface area contributed by atoms with Gasteiger partial charge in [0, 0.05) is 22.2 Å². The summed E-state index contributed by atoms with van der Waals surface area (Å²) in [7, 11) is 0. The van der Waals surface area contributed by atoms with E-state index in [-0.39, 0.29) is 5.91 Å². The first-order chi connectivity index (χ1) is 12.4. The normalized spacial score (nSPS) is 11.8. The average Bonchev–Trinajstić information content (AvgIpc) is 3.23. The predicted octanol–water partition coefficient (Wildman–Crippen LogP) is 3.30. The summed E-state index contributed by atoms with van der Waals surface area (Å²) in [4.78, 5) is 30.5. The van der Waals surface area contributed by atoms with Crippen LogP contribution < -0.4 is 15.8 Å². The van der Waals surface area contributed by atoms with Crippen molar-refractivity contribution in [2.24, 2.45) is 5.73 Å². The molecule has 0 aliphatic heterocycles. The number of nitrogens with one attached hydrogen (secondary N) is 2. The summed E-state index contributed by atoms with van der Waals surface area (Å²) in [6.45, 7) is 1.63. The fraction of sp³-hybridized carbons (Fsp3) is 0.118. The van der Waals surface area contributed by atoms with E-state index >= 15 is 0 Å². The SMILES string of the molecule is CC(Oc1cccc(Cl)c1)C(=O)Nc1nc(-c2c[nH]c(C(N)=O)c2)cs1. The molecule has 0 saturated heterocycles. The maximum atomic E-state index is 12.3. The molecule has 2 heterocycles. The predicted molar refractivity (Wildman–Crippen MR) is 101 cm³/mol. The lowest BCUT2D eigenvalue weighted by Gasteiger charge is -2.13. The lowest BCUT2D eigenvalue weighted by Crippen LogP contribution is -2.30. The van der Waals surface area contributed by atoms with Crippen LogP contribution in [0.2, 0.25) is 5.02 Å². The second-order valence-electron chi connectivity index (χ2n) is 5.41. The van der Waals surface area contributed by atoms with Gasteiger partial charge in [0.05, 0.1) is 5.69 Å². The number of hydrogen-bond acceptors (Lipinski definition) is 5. The molecule has 2 aromatic heterocycles. The molecule has 2 amide bonds. The zero-order chi connectivity index (χ0) is 18.7. The van der Waals surface area contributed by atoms with Gasteiger partial charge in [0.2, 0.25) is 0 Å². The van der Waals surface area contributed by atoms with E-state index in [2.05, 4.69) is 15.3 Å². The number of nitrogens with two attached hydrogens (primary N) is 1. The van der Waals surface area contributed by atoms with E-state index < -0.39 is 12.0 Å². The largest absolute Gasteiger partial charge is 0.481 e. The van der Waals surface area contributed by atoms with Crippen LogP contribution in [-0.4, -0.2) is 27.9 Å². The second kappa shape index (κ2) is 7.59. The first kappa shape index (κ1) is 18.0. The van der Waals surface area contributed by atoms with E-state index in [9.17, 15) is 9.59 Å². The lowest BCUT2D eigenvalue weighted by molar-refractivity contribution is -0.122. The van der Waals surface area contributed by atoms with Crippen LogP contribution in [0.3, 0.4) is 0 Å². The van der Waals surface area contributed by atoms with Gasteiger partial charge in [-0.15, -0.1) is 11.3 Å². The molecule has 0 bridgehead atoms. The van der Waals surface area contributed by atoms with E-state index in [1.165, 1.54) is 11.3 Å². The molecule has 134 valence electrons. The summed E-state index contributed by atoms with van der Waals surface area (Å²) in [5.41, 5.74) is 6.84. The fourth-order valence-electron chi connectivity index (χ4n) is 2.15. The molecule has 4 N–H and O–H groups in total. The van der Waals surface area contributed by atoms with E-state index in [0.717, 1.165) is 0 Å². The van der Waals surface area contributed by atoms with Crippen LogP contribution >= 0.6 is 22.9 Å². The van der Waals surface area contributed by atoms with Crippen molar-refractivity contribution in [2.75, 3.05) is 5.32 Å². The maximum absolute atomic E-state index is 12.3. The highest BCUT2D eigenvalue weighted by molar-refractivity contribution is 7.14. The van der Waals surface area contributed by atoms with Gasteiger partial charge >= 0.3 is 0 Å². The van der Waals surface area contributed by atoms with Crippen LogP contribution in [0.1, 0.15) is 17.4 Å². The summed E-state index contributed by atoms with van der Waals surface area (Å²) in [6.07, 6.45) is 0.903. The third-order valence-electron chi connectivity index (χ3n) is 3.46. The van der Waals surface area contributed by atoms with Gasteiger partial charge in [-0.25, -0.2) is 4.98 Å². The Balaban J connectivity index is 1.64. The third kappa shape index (κ3) is 4.22. The number of anilines is 1. The van der Waals surface area contributed by atoms with Gasteiger partial charge in [-0.1, -0.05) is 17.7 Å². The average molecular weight is 391 g/mol. The number of carbonyl (C=O) groups is 2. The highest BCUT2D eigenvalue weighted by Crippen LogP contribution is 2.26. The van der Waals surface area contributed by atoms with Crippen LogP contribution in [0.15, 0.2) is 41.9 Å². The van der Waals surface area contributed by atoms with E-state index in [0.29, 0.717) is 32.9 Å². The molecule has 0 saturated carbocycles. The first-order valence-electron chi connectivity index (χ1n) is 7.59. The van der Waals surface area contributed by atoms with E-state index in [1.807, 2.05) is 0 Å². The zero-order valence-corrected chi connectivity index (χ0v) is 15.2. The molecule has 3 aromatic rings. The van der Waals surface area contributed by atoms with Crippen molar-refractivity contribution in [2.45, 2.75) is 13.0 Å². The Bertz CT molecular complexity index is 953. The molecule has 9 heteroatoms. The number of halogens is 1. The molecule has 0 radical (unpaired) electrons. The summed E-state index contributed by atoms with van der Waals surface area (Å²) in [5.74, 6) is -0.379. The van der Waals surface area contributed by atoms with Crippen molar-refractivity contribution >= 4 is 39.9 Å². The Morgan fingerprint density at radius 2 is 2.19 bits per heavy atom. The van der Waals surface area contributed by atoms with Gasteiger partial charge in [-0.05, 0) is 31.2 Å². The molecule has 26 heavy (non-hydrogen) atoms. The summed E-state index contributed by atoms with van der Waals surface area (Å²) < 4.78 is 5.57. The molecule has 0 aliphatic carbocycles. The second-order valence-corrected chi connectivity index (χ2v) is 6.71. The molecule has 0 fully saturated rings. The van der Waals surface area contributed by atoms with Gasteiger partial charge < -0.3 is 15.5 Å². The molecular formula is C17H15ClN4O3S. The van der Waals surface area contributed by atoms with Crippen molar-refractivity contribution in [1.82, 2.24) is 9.97 Å². The van der Waals surface area contributed by atoms with Gasteiger partial charge in [0.1, 0.15) is 11.4 Å². The van der Waals surface area contributed by atoms with Gasteiger partial charge in [-0.3, -0.25) is 14.9 Å². The van der Waals surface area contributed by atoms with Crippen molar-refractivity contribution in [3.8, 4) is 17.0 Å². The molecule has 1 unspecified atom stereocenters. The molecule has 0 aliphatic rings. The number of primary amides is 1. The van der Waals surface area contributed by atoms with Crippen molar-refractivity contribution < 1.29 is 14.3 Å². The monoisotopic (exact) mass is 390 g/mol. The quantitative estimate of drug-likeness (QED) is 0.599. The molecular weight excluding hydrogens is 376 g/mol. The zero-order valence-electron chi connectivity index (χ0n) is 13.7. The van der Waals surface area contributed by atoms with Gasteiger partial charge in [0.15, 0.2) is 11.2 Å². The summed E-state index contributed by atoms with van der Waals surface area (Å²) in [6, 6.07) is 8.43. The number of aromatic amines is 1. The number of hydrogen-bond donors (Lipinski definition) is 3. The summed E-state index contributed by atoms with van der Waals surface area (Å²) in [5, 5.41) is 5.43. The Hall–Kier alpha value is -2.84. The molecule has 3 rings (SSSR count). The Morgan fingerprint density at radius 3 is 2.88 bits per heavy atom. The molecule has 1 atom stereocenters. The number of thiazole rings is 1. The molecule has 1 aromatic carbocycles. The number of aromatic nitrogens is 2. The Kier molecular flexibility index (Phi) is 5.24. The van der Waals surface area contributed by atoms with Crippen LogP contribution in [0.4, 0.5) is 5.13 Å². The minimum Gasteiger partial charge on any atom is -0.481 e. The van der Waals surface area contributed by atoms with E-state index in [1.54, 1.807) is 48.8 Å². The molecule has 7 nitrogen and oxygen atoms in total. The topological polar surface area (TPSA) is 110 Å². The van der Waals surface area contributed by atoms with Crippen LogP contribution in [0.5, 0.6) is 5.75 Å². The van der Waals surface area contributed by atoms with Crippen molar-refractivity contribution in [3.63, 3.8) is 0 Å². The van der Waals surface area contributed by atoms with Crippen LogP contribution in [0.25, 0.3) is 11.3 Å². The van der Waals surface area contributed by atoms with E-state index in [4.69, 9.17) is 22.1 Å². The lowest BCUT2D eigenvalue weighted by atomic mass is 10.2. The number of nitrogens with zero attached hydrogens (tertiary/aromatic N) is 1. The van der Waals surface area contributed by atoms with Crippen LogP contribution in [0, 0.1) is 0 Å². The minimum absolute atomic E-state index is 0.294. The Morgan fingerprint density at radius 1 is 1.38 bits per heavy atom. The fourth-order valence-corrected chi connectivity index (χ4v) is 3.06. The number of ether oxygens (including phenoxy) is 1. The first-order valence-corrected chi connectivity index (χ1v) is 8.85. The molecule has 0 spiro atoms. The number of rotatable bonds is 6. The minimum atomic E-state index is -0.727.